The van der Waals surface area contributed by atoms with E-state index in [0.717, 1.165) is 22.5 Å². The topological polar surface area (TPSA) is 92.0 Å². The van der Waals surface area contributed by atoms with Crippen molar-refractivity contribution in [3.05, 3.63) is 84.0 Å². The molecule has 7 nitrogen and oxygen atoms in total. The smallest absolute Gasteiger partial charge is 0.252 e. The van der Waals surface area contributed by atoms with Gasteiger partial charge in [0.1, 0.15) is 11.8 Å². The second-order valence-electron chi connectivity index (χ2n) is 6.95. The molecule has 4 aromatic rings. The van der Waals surface area contributed by atoms with Crippen LogP contribution in [0.25, 0.3) is 16.9 Å². The molecule has 0 spiro atoms. The summed E-state index contributed by atoms with van der Waals surface area (Å²) in [7, 11) is 0. The molecular formula is C23H20N6O. The predicted molar refractivity (Wildman–Crippen MR) is 116 cm³/mol. The molecule has 2 aromatic heterocycles. The molecule has 2 heterocycles. The van der Waals surface area contributed by atoms with E-state index in [1.54, 1.807) is 6.21 Å². The van der Waals surface area contributed by atoms with E-state index in [0.29, 0.717) is 5.89 Å². The van der Waals surface area contributed by atoms with Gasteiger partial charge in [0.05, 0.1) is 11.9 Å². The van der Waals surface area contributed by atoms with Gasteiger partial charge in [-0.2, -0.15) is 15.5 Å². The third kappa shape index (κ3) is 3.98. The van der Waals surface area contributed by atoms with E-state index in [2.05, 4.69) is 15.5 Å². The maximum atomic E-state index is 9.27. The van der Waals surface area contributed by atoms with E-state index in [9.17, 15) is 5.26 Å². The minimum Gasteiger partial charge on any atom is -0.422 e. The molecule has 0 radical (unpaired) electrons. The molecule has 148 valence electrons. The molecular weight excluding hydrogens is 376 g/mol. The number of hydrogen-bond donors (Lipinski definition) is 1. The van der Waals surface area contributed by atoms with E-state index in [1.807, 2.05) is 91.5 Å². The van der Waals surface area contributed by atoms with Crippen molar-refractivity contribution in [1.29, 1.82) is 5.26 Å². The van der Waals surface area contributed by atoms with E-state index in [4.69, 9.17) is 9.52 Å². The zero-order valence-electron chi connectivity index (χ0n) is 16.6. The molecule has 0 fully saturated rings. The fraction of sp³-hybridized carbons (Fsp3) is 0.130. The molecule has 0 aliphatic rings. The summed E-state index contributed by atoms with van der Waals surface area (Å²) in [6, 6.07) is 21.8. The first-order chi connectivity index (χ1) is 14.7. The van der Waals surface area contributed by atoms with Gasteiger partial charge in [-0.05, 0) is 12.1 Å². The Morgan fingerprint density at radius 3 is 2.47 bits per heavy atom. The van der Waals surface area contributed by atoms with Gasteiger partial charge in [0, 0.05) is 23.2 Å². The Balaban J connectivity index is 1.67. The summed E-state index contributed by atoms with van der Waals surface area (Å²) in [5, 5.41) is 18.3. The standard InChI is InChI=1S/C23H20N6O/c1-16(2)22-26-20(13-24)23(30-22)27-25-14-18-15-29(19-11-7-4-8-12-19)28-21(18)17-9-5-3-6-10-17/h3-12,14-16,27H,1-2H3. The predicted octanol–water partition coefficient (Wildman–Crippen LogP) is 4.97. The number of nitriles is 1. The van der Waals surface area contributed by atoms with E-state index >= 15 is 0 Å². The van der Waals surface area contributed by atoms with E-state index in [-0.39, 0.29) is 17.5 Å². The SMILES string of the molecule is CC(C)c1nc(C#N)c(NN=Cc2cn(-c3ccccc3)nc2-c2ccccc2)o1. The average molecular weight is 396 g/mol. The van der Waals surface area contributed by atoms with Crippen molar-refractivity contribution >= 4 is 12.1 Å². The molecule has 30 heavy (non-hydrogen) atoms. The molecule has 0 saturated heterocycles. The van der Waals surface area contributed by atoms with Crippen molar-refractivity contribution in [2.24, 2.45) is 5.10 Å². The van der Waals surface area contributed by atoms with Gasteiger partial charge in [0.2, 0.25) is 11.6 Å². The number of anilines is 1. The van der Waals surface area contributed by atoms with Crippen LogP contribution in [0, 0.1) is 11.3 Å². The van der Waals surface area contributed by atoms with E-state index < -0.39 is 0 Å². The summed E-state index contributed by atoms with van der Waals surface area (Å²) < 4.78 is 7.43. The van der Waals surface area contributed by atoms with Gasteiger partial charge in [0.25, 0.3) is 5.88 Å². The first kappa shape index (κ1) is 19.2. The maximum absolute atomic E-state index is 9.27. The number of hydrazone groups is 1. The molecule has 0 amide bonds. The largest absolute Gasteiger partial charge is 0.422 e. The minimum absolute atomic E-state index is 0.0745. The van der Waals surface area contributed by atoms with Crippen LogP contribution in [0.5, 0.6) is 0 Å². The normalized spacial score (nSPS) is 11.1. The third-order valence-electron chi connectivity index (χ3n) is 4.42. The van der Waals surface area contributed by atoms with Gasteiger partial charge >= 0.3 is 0 Å². The van der Waals surface area contributed by atoms with Crippen LogP contribution in [0.15, 0.2) is 76.4 Å². The highest BCUT2D eigenvalue weighted by Crippen LogP contribution is 2.24. The van der Waals surface area contributed by atoms with Gasteiger partial charge in [0.15, 0.2) is 0 Å². The van der Waals surface area contributed by atoms with Crippen molar-refractivity contribution in [1.82, 2.24) is 14.8 Å². The van der Waals surface area contributed by atoms with Crippen LogP contribution in [0.3, 0.4) is 0 Å². The monoisotopic (exact) mass is 396 g/mol. The van der Waals surface area contributed by atoms with Gasteiger partial charge in [-0.15, -0.1) is 0 Å². The number of oxazole rings is 1. The van der Waals surface area contributed by atoms with Gasteiger partial charge in [-0.25, -0.2) is 15.1 Å². The van der Waals surface area contributed by atoms with Crippen molar-refractivity contribution in [2.45, 2.75) is 19.8 Å². The van der Waals surface area contributed by atoms with Crippen LogP contribution in [0.2, 0.25) is 0 Å². The van der Waals surface area contributed by atoms with Crippen molar-refractivity contribution in [3.8, 4) is 23.0 Å². The lowest BCUT2D eigenvalue weighted by Crippen LogP contribution is -1.93. The Morgan fingerprint density at radius 1 is 1.10 bits per heavy atom. The molecule has 0 atom stereocenters. The molecule has 0 aliphatic heterocycles. The quantitative estimate of drug-likeness (QED) is 0.367. The number of nitrogens with one attached hydrogen (secondary N) is 1. The molecule has 0 bridgehead atoms. The molecule has 0 aliphatic carbocycles. The molecule has 0 saturated carbocycles. The Morgan fingerprint density at radius 2 is 1.80 bits per heavy atom. The summed E-state index contributed by atoms with van der Waals surface area (Å²) in [5.74, 6) is 0.797. The number of hydrogen-bond acceptors (Lipinski definition) is 6. The van der Waals surface area contributed by atoms with Gasteiger partial charge < -0.3 is 4.42 Å². The molecule has 0 unspecified atom stereocenters. The van der Waals surface area contributed by atoms with Crippen LogP contribution < -0.4 is 5.43 Å². The average Bonchev–Trinajstić information content (AvgIpc) is 3.40. The number of rotatable bonds is 6. The number of aromatic nitrogens is 3. The first-order valence-corrected chi connectivity index (χ1v) is 9.56. The van der Waals surface area contributed by atoms with Crippen LogP contribution >= 0.6 is 0 Å². The fourth-order valence-electron chi connectivity index (χ4n) is 2.91. The van der Waals surface area contributed by atoms with E-state index in [1.165, 1.54) is 0 Å². The summed E-state index contributed by atoms with van der Waals surface area (Å²) in [6.45, 7) is 3.90. The second kappa shape index (κ2) is 8.45. The molecule has 4 rings (SSSR count). The Hall–Kier alpha value is -4.18. The first-order valence-electron chi connectivity index (χ1n) is 9.56. The van der Waals surface area contributed by atoms with Crippen LogP contribution in [0.4, 0.5) is 5.88 Å². The Labute approximate surface area is 174 Å². The van der Waals surface area contributed by atoms with Crippen molar-refractivity contribution in [3.63, 3.8) is 0 Å². The fourth-order valence-corrected chi connectivity index (χ4v) is 2.91. The van der Waals surface area contributed by atoms with Gasteiger partial charge in [-0.1, -0.05) is 62.4 Å². The molecule has 7 heteroatoms. The summed E-state index contributed by atoms with van der Waals surface area (Å²) in [5.41, 5.74) is 6.52. The summed E-state index contributed by atoms with van der Waals surface area (Å²) in [6.07, 6.45) is 3.57. The number of nitrogens with zero attached hydrogens (tertiary/aromatic N) is 5. The molecule has 2 aromatic carbocycles. The third-order valence-corrected chi connectivity index (χ3v) is 4.42. The van der Waals surface area contributed by atoms with Gasteiger partial charge in [-0.3, -0.25) is 0 Å². The highest BCUT2D eigenvalue weighted by atomic mass is 16.4. The molecule has 1 N–H and O–H groups in total. The Kier molecular flexibility index (Phi) is 5.39. The zero-order valence-corrected chi connectivity index (χ0v) is 16.6. The number of para-hydroxylation sites is 1. The second-order valence-corrected chi connectivity index (χ2v) is 6.95. The lowest BCUT2D eigenvalue weighted by molar-refractivity contribution is 0.481. The van der Waals surface area contributed by atoms with Crippen LogP contribution in [-0.4, -0.2) is 21.0 Å². The summed E-state index contributed by atoms with van der Waals surface area (Å²) in [4.78, 5) is 4.18. The highest BCUT2D eigenvalue weighted by molar-refractivity contribution is 5.89. The lowest BCUT2D eigenvalue weighted by atomic mass is 10.1. The maximum Gasteiger partial charge on any atom is 0.252 e. The minimum atomic E-state index is 0.0745. The number of benzene rings is 2. The van der Waals surface area contributed by atoms with Crippen molar-refractivity contribution in [2.75, 3.05) is 5.43 Å². The van der Waals surface area contributed by atoms with Crippen LogP contribution in [-0.2, 0) is 0 Å². The lowest BCUT2D eigenvalue weighted by Gasteiger charge is -2.00. The zero-order chi connectivity index (χ0) is 20.9. The van der Waals surface area contributed by atoms with Crippen LogP contribution in [0.1, 0.15) is 36.9 Å². The van der Waals surface area contributed by atoms with Crippen molar-refractivity contribution < 1.29 is 4.42 Å². The highest BCUT2D eigenvalue weighted by Gasteiger charge is 2.15. The summed E-state index contributed by atoms with van der Waals surface area (Å²) >= 11 is 0. The Bertz CT molecular complexity index is 1200.